The smallest absolute Gasteiger partial charge is 0.0722 e. The van der Waals surface area contributed by atoms with E-state index in [0.29, 0.717) is 0 Å². The van der Waals surface area contributed by atoms with Crippen LogP contribution >= 0.6 is 11.6 Å². The van der Waals surface area contributed by atoms with E-state index in [2.05, 4.69) is 6.92 Å². The summed E-state index contributed by atoms with van der Waals surface area (Å²) in [7, 11) is 1.70. The summed E-state index contributed by atoms with van der Waals surface area (Å²) in [4.78, 5) is 0. The molecule has 0 aliphatic rings. The summed E-state index contributed by atoms with van der Waals surface area (Å²) >= 11 is 5.90. The first-order valence-electron chi connectivity index (χ1n) is 5.20. The molecule has 2 nitrogen and oxygen atoms in total. The number of ether oxygens (including phenoxy) is 1. The van der Waals surface area contributed by atoms with Crippen LogP contribution in [-0.4, -0.2) is 19.3 Å². The molecule has 3 heteroatoms. The largest absolute Gasteiger partial charge is 0.380 e. The molecule has 0 fully saturated rings. The molecule has 2 N–H and O–H groups in total. The molecule has 0 amide bonds. The molecule has 1 aromatic carbocycles. The fourth-order valence-corrected chi connectivity index (χ4v) is 1.92. The fraction of sp³-hybridized carbons (Fsp3) is 0.500. The van der Waals surface area contributed by atoms with Crippen LogP contribution in [-0.2, 0) is 11.2 Å². The van der Waals surface area contributed by atoms with Gasteiger partial charge in [-0.3, -0.25) is 0 Å². The maximum Gasteiger partial charge on any atom is 0.0722 e. The Morgan fingerprint density at radius 1 is 1.47 bits per heavy atom. The molecule has 0 saturated carbocycles. The average molecular weight is 228 g/mol. The van der Waals surface area contributed by atoms with Crippen molar-refractivity contribution >= 4 is 11.6 Å². The van der Waals surface area contributed by atoms with Gasteiger partial charge in [-0.15, -0.1) is 0 Å². The van der Waals surface area contributed by atoms with Crippen molar-refractivity contribution in [2.24, 2.45) is 5.73 Å². The van der Waals surface area contributed by atoms with Crippen molar-refractivity contribution in [1.82, 2.24) is 0 Å². The van der Waals surface area contributed by atoms with Crippen LogP contribution in [0, 0.1) is 0 Å². The van der Waals surface area contributed by atoms with Gasteiger partial charge in [-0.05, 0) is 30.5 Å². The van der Waals surface area contributed by atoms with E-state index in [0.717, 1.165) is 23.4 Å². The van der Waals surface area contributed by atoms with Gasteiger partial charge < -0.3 is 10.5 Å². The molecular formula is C12H18ClNO. The Morgan fingerprint density at radius 3 is 2.73 bits per heavy atom. The lowest BCUT2D eigenvalue weighted by Gasteiger charge is -2.21. The van der Waals surface area contributed by atoms with Gasteiger partial charge in [0.1, 0.15) is 0 Å². The number of rotatable bonds is 5. The number of nitrogens with two attached hydrogens (primary N) is 1. The van der Waals surface area contributed by atoms with Crippen molar-refractivity contribution in [1.29, 1.82) is 0 Å². The normalized spacial score (nSPS) is 14.9. The fourth-order valence-electron chi connectivity index (χ4n) is 1.71. The van der Waals surface area contributed by atoms with Gasteiger partial charge in [-0.25, -0.2) is 0 Å². The Balaban J connectivity index is 2.61. The van der Waals surface area contributed by atoms with E-state index in [1.807, 2.05) is 24.3 Å². The second kappa shape index (κ2) is 6.11. The molecule has 0 aliphatic carbocycles. The number of hydrogen-bond donors (Lipinski definition) is 1. The average Bonchev–Trinajstić information content (AvgIpc) is 2.19. The molecule has 1 rings (SSSR count). The van der Waals surface area contributed by atoms with Crippen LogP contribution in [0.2, 0.25) is 5.02 Å². The third kappa shape index (κ3) is 3.82. The molecular weight excluding hydrogens is 210 g/mol. The lowest BCUT2D eigenvalue weighted by molar-refractivity contribution is 0.0773. The lowest BCUT2D eigenvalue weighted by Crippen LogP contribution is -2.37. The summed E-state index contributed by atoms with van der Waals surface area (Å²) in [6, 6.07) is 7.82. The molecule has 0 bridgehead atoms. The lowest BCUT2D eigenvalue weighted by atomic mass is 10.0. The van der Waals surface area contributed by atoms with E-state index in [1.54, 1.807) is 7.11 Å². The summed E-state index contributed by atoms with van der Waals surface area (Å²) in [6.07, 6.45) is 1.84. The molecule has 0 aromatic heterocycles. The van der Waals surface area contributed by atoms with E-state index >= 15 is 0 Å². The van der Waals surface area contributed by atoms with Crippen molar-refractivity contribution in [2.75, 3.05) is 7.11 Å². The Labute approximate surface area is 96.4 Å². The molecule has 2 atom stereocenters. The number of hydrogen-bond acceptors (Lipinski definition) is 2. The van der Waals surface area contributed by atoms with E-state index < -0.39 is 0 Å². The number of halogens is 1. The Bertz CT molecular complexity index is 299. The maximum absolute atomic E-state index is 6.05. The molecule has 0 heterocycles. The van der Waals surface area contributed by atoms with Crippen LogP contribution < -0.4 is 5.73 Å². The van der Waals surface area contributed by atoms with E-state index in [1.165, 1.54) is 0 Å². The van der Waals surface area contributed by atoms with Crippen LogP contribution in [0.1, 0.15) is 18.9 Å². The van der Waals surface area contributed by atoms with Gasteiger partial charge in [0.2, 0.25) is 0 Å². The van der Waals surface area contributed by atoms with E-state index in [4.69, 9.17) is 22.1 Å². The molecule has 0 aliphatic heterocycles. The summed E-state index contributed by atoms with van der Waals surface area (Å²) in [5.74, 6) is 0. The number of methoxy groups -OCH3 is 1. The van der Waals surface area contributed by atoms with Crippen molar-refractivity contribution in [2.45, 2.75) is 31.9 Å². The van der Waals surface area contributed by atoms with Gasteiger partial charge in [-0.1, -0.05) is 30.7 Å². The van der Waals surface area contributed by atoms with Crippen molar-refractivity contribution in [3.05, 3.63) is 34.9 Å². The summed E-state index contributed by atoms with van der Waals surface area (Å²) in [6.45, 7) is 2.08. The molecule has 1 aromatic rings. The van der Waals surface area contributed by atoms with Crippen molar-refractivity contribution < 1.29 is 4.74 Å². The predicted octanol–water partition coefficient (Wildman–Crippen LogP) is 2.63. The van der Waals surface area contributed by atoms with Gasteiger partial charge in [0.05, 0.1) is 6.10 Å². The van der Waals surface area contributed by atoms with Crippen molar-refractivity contribution in [3.63, 3.8) is 0 Å². The minimum absolute atomic E-state index is 0.0264. The first-order chi connectivity index (χ1) is 7.17. The molecule has 0 saturated heterocycles. The van der Waals surface area contributed by atoms with Crippen LogP contribution in [0.4, 0.5) is 0 Å². The van der Waals surface area contributed by atoms with Crippen LogP contribution in [0.25, 0.3) is 0 Å². The standard InChI is InChI=1S/C12H18ClNO/c1-3-12(15-2)11(14)8-9-5-4-6-10(13)7-9/h4-7,11-12H,3,8,14H2,1-2H3. The highest BCUT2D eigenvalue weighted by atomic mass is 35.5. The maximum atomic E-state index is 6.05. The summed E-state index contributed by atoms with van der Waals surface area (Å²) < 4.78 is 5.31. The molecule has 2 unspecified atom stereocenters. The zero-order valence-electron chi connectivity index (χ0n) is 9.24. The van der Waals surface area contributed by atoms with Crippen LogP contribution in [0.15, 0.2) is 24.3 Å². The molecule has 15 heavy (non-hydrogen) atoms. The first-order valence-corrected chi connectivity index (χ1v) is 5.58. The highest BCUT2D eigenvalue weighted by molar-refractivity contribution is 6.30. The van der Waals surface area contributed by atoms with Gasteiger partial charge in [-0.2, -0.15) is 0 Å². The second-order valence-corrected chi connectivity index (χ2v) is 4.12. The predicted molar refractivity (Wildman–Crippen MR) is 64.2 cm³/mol. The highest BCUT2D eigenvalue weighted by Crippen LogP contribution is 2.14. The summed E-state index contributed by atoms with van der Waals surface area (Å²) in [5, 5.41) is 0.755. The van der Waals surface area contributed by atoms with Gasteiger partial charge in [0, 0.05) is 18.2 Å². The van der Waals surface area contributed by atoms with E-state index in [-0.39, 0.29) is 12.1 Å². The van der Waals surface area contributed by atoms with Crippen molar-refractivity contribution in [3.8, 4) is 0 Å². The minimum atomic E-state index is 0.0264. The zero-order valence-corrected chi connectivity index (χ0v) is 10.00. The number of benzene rings is 1. The SMILES string of the molecule is CCC(OC)C(N)Cc1cccc(Cl)c1. The monoisotopic (exact) mass is 227 g/mol. The third-order valence-electron chi connectivity index (χ3n) is 2.54. The second-order valence-electron chi connectivity index (χ2n) is 3.68. The van der Waals surface area contributed by atoms with Crippen LogP contribution in [0.5, 0.6) is 0 Å². The molecule has 0 radical (unpaired) electrons. The molecule has 0 spiro atoms. The van der Waals surface area contributed by atoms with Gasteiger partial charge in [0.25, 0.3) is 0 Å². The third-order valence-corrected chi connectivity index (χ3v) is 2.78. The topological polar surface area (TPSA) is 35.2 Å². The van der Waals surface area contributed by atoms with E-state index in [9.17, 15) is 0 Å². The summed E-state index contributed by atoms with van der Waals surface area (Å²) in [5.41, 5.74) is 7.21. The Kier molecular flexibility index (Phi) is 5.09. The van der Waals surface area contributed by atoms with Gasteiger partial charge >= 0.3 is 0 Å². The first kappa shape index (κ1) is 12.5. The Hall–Kier alpha value is -0.570. The molecule has 84 valence electrons. The van der Waals surface area contributed by atoms with Gasteiger partial charge in [0.15, 0.2) is 0 Å². The Morgan fingerprint density at radius 2 is 2.20 bits per heavy atom. The zero-order chi connectivity index (χ0) is 11.3. The highest BCUT2D eigenvalue weighted by Gasteiger charge is 2.15. The quantitative estimate of drug-likeness (QED) is 0.840. The minimum Gasteiger partial charge on any atom is -0.380 e. The van der Waals surface area contributed by atoms with Crippen LogP contribution in [0.3, 0.4) is 0 Å².